The molecule has 2 N–H and O–H groups in total. The summed E-state index contributed by atoms with van der Waals surface area (Å²) in [5.74, 6) is 1.75. The maximum absolute atomic E-state index is 12.4. The number of carbonyl (C=O) groups is 3. The predicted molar refractivity (Wildman–Crippen MR) is 109 cm³/mol. The van der Waals surface area contributed by atoms with Crippen LogP contribution in [0.1, 0.15) is 12.0 Å². The minimum absolute atomic E-state index is 0.0921. The van der Waals surface area contributed by atoms with Crippen molar-refractivity contribution in [2.45, 2.75) is 6.42 Å². The van der Waals surface area contributed by atoms with Gasteiger partial charge in [0, 0.05) is 36.0 Å². The standard InChI is InChI=1S/C22H21N3O4/c1-3-15-6-4-7-17(10-15)24-20(26)13-23-22(28)16-11-21(27)25(14-16)18-8-5-9-19(12-18)29-2/h1,4-10,12,16H,11,13-14H2,2H3,(H,23,28)(H,24,26)/t16-/m1/s1. The van der Waals surface area contributed by atoms with E-state index in [1.165, 1.54) is 0 Å². The van der Waals surface area contributed by atoms with Crippen molar-refractivity contribution in [3.63, 3.8) is 0 Å². The topological polar surface area (TPSA) is 87.7 Å². The van der Waals surface area contributed by atoms with Crippen LogP contribution in [-0.2, 0) is 14.4 Å². The van der Waals surface area contributed by atoms with Crippen LogP contribution in [0.4, 0.5) is 11.4 Å². The quantitative estimate of drug-likeness (QED) is 0.735. The van der Waals surface area contributed by atoms with Crippen molar-refractivity contribution in [3.05, 3.63) is 54.1 Å². The molecule has 3 amide bonds. The van der Waals surface area contributed by atoms with Gasteiger partial charge in [-0.2, -0.15) is 0 Å². The summed E-state index contributed by atoms with van der Waals surface area (Å²) in [6.45, 7) is 0.0621. The normalized spacial score (nSPS) is 15.5. The molecule has 0 saturated carbocycles. The Kier molecular flexibility index (Phi) is 6.15. The Bertz CT molecular complexity index is 980. The van der Waals surface area contributed by atoms with E-state index in [-0.39, 0.29) is 37.2 Å². The number of nitrogens with one attached hydrogen (secondary N) is 2. The number of rotatable bonds is 6. The number of hydrogen-bond acceptors (Lipinski definition) is 4. The molecule has 0 unspecified atom stereocenters. The van der Waals surface area contributed by atoms with Crippen molar-refractivity contribution in [1.29, 1.82) is 0 Å². The number of terminal acetylenes is 1. The summed E-state index contributed by atoms with van der Waals surface area (Å²) >= 11 is 0. The van der Waals surface area contributed by atoms with Crippen molar-refractivity contribution in [2.75, 3.05) is 30.4 Å². The summed E-state index contributed by atoms with van der Waals surface area (Å²) in [4.78, 5) is 38.4. The van der Waals surface area contributed by atoms with Gasteiger partial charge in [0.25, 0.3) is 0 Å². The molecule has 1 aliphatic heterocycles. The Hall–Kier alpha value is -3.79. The molecule has 0 bridgehead atoms. The summed E-state index contributed by atoms with van der Waals surface area (Å²) in [5, 5.41) is 5.27. The largest absolute Gasteiger partial charge is 0.497 e. The van der Waals surface area contributed by atoms with E-state index in [1.54, 1.807) is 60.5 Å². The number of nitrogens with zero attached hydrogens (tertiary/aromatic N) is 1. The number of methoxy groups -OCH3 is 1. The van der Waals surface area contributed by atoms with Crippen LogP contribution in [0.3, 0.4) is 0 Å². The highest BCUT2D eigenvalue weighted by atomic mass is 16.5. The zero-order valence-corrected chi connectivity index (χ0v) is 16.0. The maximum atomic E-state index is 12.4. The lowest BCUT2D eigenvalue weighted by Gasteiger charge is -2.17. The zero-order chi connectivity index (χ0) is 20.8. The van der Waals surface area contributed by atoms with E-state index in [0.29, 0.717) is 22.7 Å². The van der Waals surface area contributed by atoms with E-state index >= 15 is 0 Å². The third-order valence-electron chi connectivity index (χ3n) is 4.60. The molecule has 1 heterocycles. The van der Waals surface area contributed by atoms with Crippen LogP contribution in [0.15, 0.2) is 48.5 Å². The first-order chi connectivity index (χ1) is 14.0. The molecule has 29 heavy (non-hydrogen) atoms. The maximum Gasteiger partial charge on any atom is 0.243 e. The predicted octanol–water partition coefficient (Wildman–Crippen LogP) is 1.78. The second-order valence-corrected chi connectivity index (χ2v) is 6.60. The Labute approximate surface area is 169 Å². The molecule has 148 valence electrons. The van der Waals surface area contributed by atoms with Gasteiger partial charge in [-0.1, -0.05) is 18.1 Å². The average molecular weight is 391 g/mol. The third-order valence-corrected chi connectivity index (χ3v) is 4.60. The lowest BCUT2D eigenvalue weighted by Crippen LogP contribution is -2.37. The van der Waals surface area contributed by atoms with Crippen molar-refractivity contribution < 1.29 is 19.1 Å². The molecule has 2 aromatic carbocycles. The summed E-state index contributed by atoms with van der Waals surface area (Å²) in [6, 6.07) is 14.0. The van der Waals surface area contributed by atoms with Gasteiger partial charge in [0.05, 0.1) is 19.6 Å². The van der Waals surface area contributed by atoms with Crippen LogP contribution in [0.5, 0.6) is 5.75 Å². The third kappa shape index (κ3) is 4.93. The molecule has 7 heteroatoms. The minimum atomic E-state index is -0.522. The molecular weight excluding hydrogens is 370 g/mol. The molecule has 1 saturated heterocycles. The van der Waals surface area contributed by atoms with Gasteiger partial charge in [-0.3, -0.25) is 14.4 Å². The SMILES string of the molecule is C#Cc1cccc(NC(=O)CNC(=O)[C@@H]2CC(=O)N(c3cccc(OC)c3)C2)c1. The van der Waals surface area contributed by atoms with Crippen molar-refractivity contribution in [1.82, 2.24) is 5.32 Å². The number of anilines is 2. The van der Waals surface area contributed by atoms with E-state index in [9.17, 15) is 14.4 Å². The highest BCUT2D eigenvalue weighted by molar-refractivity contribution is 6.01. The number of hydrogen-bond donors (Lipinski definition) is 2. The second kappa shape index (κ2) is 8.93. The van der Waals surface area contributed by atoms with E-state index in [0.717, 1.165) is 0 Å². The molecule has 0 spiro atoms. The second-order valence-electron chi connectivity index (χ2n) is 6.60. The van der Waals surface area contributed by atoms with Gasteiger partial charge >= 0.3 is 0 Å². The van der Waals surface area contributed by atoms with Crippen LogP contribution >= 0.6 is 0 Å². The van der Waals surface area contributed by atoms with Crippen molar-refractivity contribution in [3.8, 4) is 18.1 Å². The van der Waals surface area contributed by atoms with Gasteiger partial charge in [-0.25, -0.2) is 0 Å². The van der Waals surface area contributed by atoms with E-state index in [1.807, 2.05) is 0 Å². The fraction of sp³-hybridized carbons (Fsp3) is 0.227. The molecule has 0 aliphatic carbocycles. The number of amides is 3. The molecule has 3 rings (SSSR count). The molecule has 1 fully saturated rings. The Morgan fingerprint density at radius 2 is 2.03 bits per heavy atom. The summed E-state index contributed by atoms with van der Waals surface area (Å²) in [5.41, 5.74) is 1.88. The van der Waals surface area contributed by atoms with Crippen LogP contribution in [0.2, 0.25) is 0 Å². The van der Waals surface area contributed by atoms with Gasteiger partial charge in [0.1, 0.15) is 5.75 Å². The number of carbonyl (C=O) groups excluding carboxylic acids is 3. The molecule has 7 nitrogen and oxygen atoms in total. The lowest BCUT2D eigenvalue weighted by atomic mass is 10.1. The molecule has 1 atom stereocenters. The molecule has 0 radical (unpaired) electrons. The van der Waals surface area contributed by atoms with E-state index in [4.69, 9.17) is 11.2 Å². The van der Waals surface area contributed by atoms with Crippen LogP contribution in [0, 0.1) is 18.3 Å². The lowest BCUT2D eigenvalue weighted by molar-refractivity contribution is -0.127. The monoisotopic (exact) mass is 391 g/mol. The highest BCUT2D eigenvalue weighted by Gasteiger charge is 2.35. The van der Waals surface area contributed by atoms with Crippen LogP contribution < -0.4 is 20.3 Å². The number of ether oxygens (including phenoxy) is 1. The number of benzene rings is 2. The first-order valence-corrected chi connectivity index (χ1v) is 9.09. The van der Waals surface area contributed by atoms with Gasteiger partial charge in [0.15, 0.2) is 0 Å². The van der Waals surface area contributed by atoms with Gasteiger partial charge < -0.3 is 20.3 Å². The first-order valence-electron chi connectivity index (χ1n) is 9.09. The summed E-state index contributed by atoms with van der Waals surface area (Å²) in [7, 11) is 1.55. The minimum Gasteiger partial charge on any atom is -0.497 e. The molecule has 2 aromatic rings. The fourth-order valence-electron chi connectivity index (χ4n) is 3.11. The Morgan fingerprint density at radius 1 is 1.24 bits per heavy atom. The van der Waals surface area contributed by atoms with Gasteiger partial charge in [-0.05, 0) is 30.3 Å². The molecule has 0 aromatic heterocycles. The first kappa shape index (κ1) is 20.0. The van der Waals surface area contributed by atoms with Gasteiger partial charge in [-0.15, -0.1) is 6.42 Å². The Morgan fingerprint density at radius 3 is 2.79 bits per heavy atom. The van der Waals surface area contributed by atoms with Crippen LogP contribution in [-0.4, -0.2) is 37.9 Å². The Balaban J connectivity index is 1.53. The van der Waals surface area contributed by atoms with E-state index in [2.05, 4.69) is 16.6 Å². The van der Waals surface area contributed by atoms with Crippen molar-refractivity contribution in [2.24, 2.45) is 5.92 Å². The summed E-state index contributed by atoms with van der Waals surface area (Å²) in [6.07, 6.45) is 5.43. The average Bonchev–Trinajstić information content (AvgIpc) is 3.14. The molecular formula is C22H21N3O4. The van der Waals surface area contributed by atoms with Crippen molar-refractivity contribution >= 4 is 29.1 Å². The smallest absolute Gasteiger partial charge is 0.243 e. The van der Waals surface area contributed by atoms with E-state index < -0.39 is 5.92 Å². The highest BCUT2D eigenvalue weighted by Crippen LogP contribution is 2.27. The summed E-state index contributed by atoms with van der Waals surface area (Å²) < 4.78 is 5.18. The van der Waals surface area contributed by atoms with Crippen LogP contribution in [0.25, 0.3) is 0 Å². The van der Waals surface area contributed by atoms with Gasteiger partial charge in [0.2, 0.25) is 17.7 Å². The molecule has 1 aliphatic rings. The zero-order valence-electron chi connectivity index (χ0n) is 16.0. The fourth-order valence-corrected chi connectivity index (χ4v) is 3.11.